The Kier molecular flexibility index (Phi) is 6.81. The van der Waals surface area contributed by atoms with Gasteiger partial charge in [0.1, 0.15) is 5.75 Å². The van der Waals surface area contributed by atoms with Gasteiger partial charge in [-0.1, -0.05) is 66.7 Å². The summed E-state index contributed by atoms with van der Waals surface area (Å²) in [4.78, 5) is 25.1. The van der Waals surface area contributed by atoms with Crippen LogP contribution < -0.4 is 15.4 Å². The third-order valence-electron chi connectivity index (χ3n) is 5.10. The molecule has 0 heterocycles. The van der Waals surface area contributed by atoms with Gasteiger partial charge in [0, 0.05) is 22.5 Å². The van der Waals surface area contributed by atoms with Gasteiger partial charge >= 0.3 is 0 Å². The van der Waals surface area contributed by atoms with Crippen LogP contribution in [-0.2, 0) is 4.79 Å². The minimum Gasteiger partial charge on any atom is -0.481 e. The molecule has 0 spiro atoms. The van der Waals surface area contributed by atoms with Crippen LogP contribution in [0.4, 0.5) is 11.4 Å². The first-order valence-electron chi connectivity index (χ1n) is 10.7. The fourth-order valence-electron chi connectivity index (χ4n) is 3.36. The Morgan fingerprint density at radius 1 is 0.697 bits per heavy atom. The molecule has 33 heavy (non-hydrogen) atoms. The molecule has 1 atom stereocenters. The number of hydrogen-bond donors (Lipinski definition) is 2. The molecule has 4 aromatic carbocycles. The van der Waals surface area contributed by atoms with Gasteiger partial charge in [-0.25, -0.2) is 0 Å². The van der Waals surface area contributed by atoms with E-state index in [9.17, 15) is 9.59 Å². The lowest BCUT2D eigenvalue weighted by Gasteiger charge is -2.17. The fraction of sp³-hybridized carbons (Fsp3) is 0.0714. The van der Waals surface area contributed by atoms with Crippen LogP contribution in [0.2, 0.25) is 0 Å². The highest BCUT2D eigenvalue weighted by atomic mass is 16.5. The van der Waals surface area contributed by atoms with Gasteiger partial charge in [0.05, 0.1) is 0 Å². The zero-order chi connectivity index (χ0) is 23.0. The molecule has 2 amide bonds. The summed E-state index contributed by atoms with van der Waals surface area (Å²) in [7, 11) is 0. The van der Waals surface area contributed by atoms with Crippen molar-refractivity contribution in [1.29, 1.82) is 0 Å². The van der Waals surface area contributed by atoms with Crippen molar-refractivity contribution in [3.05, 3.63) is 115 Å². The zero-order valence-corrected chi connectivity index (χ0v) is 18.2. The number of benzene rings is 4. The smallest absolute Gasteiger partial charge is 0.265 e. The molecule has 5 heteroatoms. The molecule has 4 aromatic rings. The average molecular weight is 437 g/mol. The van der Waals surface area contributed by atoms with Gasteiger partial charge in [-0.15, -0.1) is 0 Å². The van der Waals surface area contributed by atoms with E-state index in [1.165, 1.54) is 0 Å². The molecule has 0 aliphatic heterocycles. The summed E-state index contributed by atoms with van der Waals surface area (Å²) < 4.78 is 5.81. The van der Waals surface area contributed by atoms with Crippen LogP contribution in [0.15, 0.2) is 109 Å². The van der Waals surface area contributed by atoms with Gasteiger partial charge in [-0.05, 0) is 55.0 Å². The molecule has 164 valence electrons. The molecule has 0 saturated heterocycles. The predicted octanol–water partition coefficient (Wildman–Crippen LogP) is 6.01. The second-order valence-corrected chi connectivity index (χ2v) is 7.51. The zero-order valence-electron chi connectivity index (χ0n) is 18.2. The van der Waals surface area contributed by atoms with Gasteiger partial charge in [0.15, 0.2) is 6.10 Å². The highest BCUT2D eigenvalue weighted by Crippen LogP contribution is 2.28. The van der Waals surface area contributed by atoms with Crippen LogP contribution in [0.1, 0.15) is 17.3 Å². The van der Waals surface area contributed by atoms with Gasteiger partial charge in [-0.2, -0.15) is 0 Å². The van der Waals surface area contributed by atoms with E-state index in [4.69, 9.17) is 4.74 Å². The van der Waals surface area contributed by atoms with Gasteiger partial charge in [-0.3, -0.25) is 9.59 Å². The Bertz CT molecular complexity index is 1220. The highest BCUT2D eigenvalue weighted by molar-refractivity contribution is 6.04. The van der Waals surface area contributed by atoms with Crippen molar-refractivity contribution in [2.24, 2.45) is 0 Å². The number of hydrogen-bond acceptors (Lipinski definition) is 3. The Morgan fingerprint density at radius 2 is 1.30 bits per heavy atom. The monoisotopic (exact) mass is 436 g/mol. The fourth-order valence-corrected chi connectivity index (χ4v) is 3.36. The topological polar surface area (TPSA) is 67.4 Å². The summed E-state index contributed by atoms with van der Waals surface area (Å²) in [6.45, 7) is 1.70. The number of carbonyl (C=O) groups is 2. The second-order valence-electron chi connectivity index (χ2n) is 7.51. The summed E-state index contributed by atoms with van der Waals surface area (Å²) in [5.41, 5.74) is 3.92. The molecule has 0 radical (unpaired) electrons. The van der Waals surface area contributed by atoms with Crippen molar-refractivity contribution in [2.75, 3.05) is 10.6 Å². The number of carbonyl (C=O) groups excluding carboxylic acids is 2. The first-order chi connectivity index (χ1) is 16.1. The maximum atomic E-state index is 12.8. The van der Waals surface area contributed by atoms with Gasteiger partial charge < -0.3 is 15.4 Å². The lowest BCUT2D eigenvalue weighted by Crippen LogP contribution is -2.30. The molecule has 1 unspecified atom stereocenters. The van der Waals surface area contributed by atoms with E-state index in [0.29, 0.717) is 17.0 Å². The molecule has 0 saturated carbocycles. The first kappa shape index (κ1) is 21.8. The normalized spacial score (nSPS) is 11.3. The molecule has 5 nitrogen and oxygen atoms in total. The van der Waals surface area contributed by atoms with Crippen LogP contribution in [0, 0.1) is 0 Å². The van der Waals surface area contributed by atoms with Crippen LogP contribution >= 0.6 is 0 Å². The van der Waals surface area contributed by atoms with Crippen LogP contribution in [-0.4, -0.2) is 17.9 Å². The first-order valence-corrected chi connectivity index (χ1v) is 10.7. The van der Waals surface area contributed by atoms with E-state index in [0.717, 1.165) is 16.8 Å². The van der Waals surface area contributed by atoms with Crippen molar-refractivity contribution in [2.45, 2.75) is 13.0 Å². The van der Waals surface area contributed by atoms with Crippen molar-refractivity contribution < 1.29 is 14.3 Å². The number of amides is 2. The lowest BCUT2D eigenvalue weighted by atomic mass is 10.0. The average Bonchev–Trinajstić information content (AvgIpc) is 2.86. The van der Waals surface area contributed by atoms with Gasteiger partial charge in [0.2, 0.25) is 0 Å². The lowest BCUT2D eigenvalue weighted by molar-refractivity contribution is -0.122. The van der Waals surface area contributed by atoms with E-state index in [2.05, 4.69) is 10.6 Å². The summed E-state index contributed by atoms with van der Waals surface area (Å²) in [5.74, 6) is 0.0978. The summed E-state index contributed by atoms with van der Waals surface area (Å²) >= 11 is 0. The molecule has 4 rings (SSSR count). The third kappa shape index (κ3) is 5.66. The van der Waals surface area contributed by atoms with Crippen molar-refractivity contribution >= 4 is 23.2 Å². The SMILES string of the molecule is CC(Oc1ccc(NC(=O)c2ccccc2)cc1)C(=O)Nc1ccccc1-c1ccccc1. The standard InChI is InChI=1S/C28H24N2O3/c1-20(27(31)30-26-15-9-8-14-25(26)21-10-4-2-5-11-21)33-24-18-16-23(17-19-24)29-28(32)22-12-6-3-7-13-22/h2-20H,1H3,(H,29,32)(H,30,31). The Balaban J connectivity index is 1.37. The minimum absolute atomic E-state index is 0.186. The van der Waals surface area contributed by atoms with Crippen molar-refractivity contribution in [3.8, 4) is 16.9 Å². The molecule has 0 aliphatic carbocycles. The van der Waals surface area contributed by atoms with E-state index in [1.807, 2.05) is 72.8 Å². The van der Waals surface area contributed by atoms with Gasteiger partial charge in [0.25, 0.3) is 11.8 Å². The molecule has 0 aromatic heterocycles. The molecule has 0 aliphatic rings. The van der Waals surface area contributed by atoms with Crippen LogP contribution in [0.25, 0.3) is 11.1 Å². The van der Waals surface area contributed by atoms with E-state index in [-0.39, 0.29) is 11.8 Å². The number of rotatable bonds is 7. The van der Waals surface area contributed by atoms with Crippen LogP contribution in [0.5, 0.6) is 5.75 Å². The summed E-state index contributed by atoms with van der Waals surface area (Å²) in [6, 6.07) is 33.5. The number of nitrogens with one attached hydrogen (secondary N) is 2. The number of anilines is 2. The summed E-state index contributed by atoms with van der Waals surface area (Å²) in [5, 5.41) is 5.81. The van der Waals surface area contributed by atoms with E-state index < -0.39 is 6.10 Å². The molecular weight excluding hydrogens is 412 g/mol. The largest absolute Gasteiger partial charge is 0.481 e. The predicted molar refractivity (Wildman–Crippen MR) is 131 cm³/mol. The quantitative estimate of drug-likeness (QED) is 0.373. The van der Waals surface area contributed by atoms with E-state index in [1.54, 1.807) is 43.3 Å². The number of ether oxygens (including phenoxy) is 1. The molecular formula is C28H24N2O3. The molecule has 0 fully saturated rings. The summed E-state index contributed by atoms with van der Waals surface area (Å²) in [6.07, 6.45) is -0.710. The van der Waals surface area contributed by atoms with E-state index >= 15 is 0 Å². The molecule has 0 bridgehead atoms. The third-order valence-corrected chi connectivity index (χ3v) is 5.10. The van der Waals surface area contributed by atoms with Crippen molar-refractivity contribution in [3.63, 3.8) is 0 Å². The Hall–Kier alpha value is -4.38. The maximum absolute atomic E-state index is 12.8. The minimum atomic E-state index is -0.710. The van der Waals surface area contributed by atoms with Crippen molar-refractivity contribution in [1.82, 2.24) is 0 Å². The molecule has 2 N–H and O–H groups in total. The Morgan fingerprint density at radius 3 is 2.00 bits per heavy atom. The highest BCUT2D eigenvalue weighted by Gasteiger charge is 2.17. The Labute approximate surface area is 193 Å². The second kappa shape index (κ2) is 10.3. The maximum Gasteiger partial charge on any atom is 0.265 e. The van der Waals surface area contributed by atoms with Crippen LogP contribution in [0.3, 0.4) is 0 Å². The number of para-hydroxylation sites is 1.